The van der Waals surface area contributed by atoms with Crippen molar-refractivity contribution in [2.75, 3.05) is 11.1 Å². The Balaban J connectivity index is 1.39. The molecule has 232 valence electrons. The quantitative estimate of drug-likeness (QED) is 0.129. The number of aryl methyl sites for hydroxylation is 1. The third kappa shape index (κ3) is 7.57. The first kappa shape index (κ1) is 31.9. The summed E-state index contributed by atoms with van der Waals surface area (Å²) in [6.07, 6.45) is 7.77. The van der Waals surface area contributed by atoms with Crippen LogP contribution < -0.4 is 5.32 Å². The lowest BCUT2D eigenvalue weighted by atomic mass is 9.87. The molecule has 1 aliphatic carbocycles. The van der Waals surface area contributed by atoms with Crippen LogP contribution in [0.2, 0.25) is 0 Å². The number of carbonyl (C=O) groups is 2. The summed E-state index contributed by atoms with van der Waals surface area (Å²) in [7, 11) is -3.42. The van der Waals surface area contributed by atoms with Crippen molar-refractivity contribution in [3.05, 3.63) is 125 Å². The standard InChI is InChI=1S/C37H38N2O5S/c1-3-21-45(42,43)30-13-6-10-26(22-30)23-33(38)36(40)29-18-19-32(34(24-29)39-37(41)35-15-8-20-44-35)28-12-7-11-27(16-17-28)31-14-5-4-9-25(31)2/h4-6,8-11,13-15,18-20,22,24,28,38H,3,7,12,16-17,21,23H2,1-2H3,(H,39,41). The number of sulfone groups is 1. The van der Waals surface area contributed by atoms with Crippen molar-refractivity contribution in [1.82, 2.24) is 0 Å². The molecule has 7 nitrogen and oxygen atoms in total. The van der Waals surface area contributed by atoms with Gasteiger partial charge in [-0.05, 0) is 103 Å². The van der Waals surface area contributed by atoms with E-state index in [1.807, 2.05) is 19.1 Å². The number of hydrogen-bond acceptors (Lipinski definition) is 6. The molecule has 1 amide bonds. The zero-order chi connectivity index (χ0) is 32.0. The van der Waals surface area contributed by atoms with Crippen LogP contribution >= 0.6 is 0 Å². The first-order chi connectivity index (χ1) is 21.7. The molecule has 0 spiro atoms. The van der Waals surface area contributed by atoms with Crippen LogP contribution in [-0.2, 0) is 16.3 Å². The number of rotatable bonds is 11. The van der Waals surface area contributed by atoms with E-state index in [4.69, 9.17) is 9.83 Å². The molecule has 0 saturated heterocycles. The number of furan rings is 1. The Hall–Kier alpha value is -4.56. The van der Waals surface area contributed by atoms with Gasteiger partial charge in [0.2, 0.25) is 5.78 Å². The van der Waals surface area contributed by atoms with Crippen LogP contribution in [0.5, 0.6) is 0 Å². The molecule has 1 atom stereocenters. The van der Waals surface area contributed by atoms with E-state index in [1.54, 1.807) is 42.5 Å². The van der Waals surface area contributed by atoms with E-state index in [1.165, 1.54) is 29.0 Å². The van der Waals surface area contributed by atoms with Crippen LogP contribution in [0.25, 0.3) is 5.57 Å². The van der Waals surface area contributed by atoms with E-state index in [0.717, 1.165) is 31.2 Å². The normalized spacial score (nSPS) is 15.2. The monoisotopic (exact) mass is 622 g/mol. The second kappa shape index (κ2) is 14.0. The molecule has 0 bridgehead atoms. The van der Waals surface area contributed by atoms with Gasteiger partial charge in [0.15, 0.2) is 15.6 Å². The number of benzene rings is 3. The molecule has 0 radical (unpaired) electrons. The van der Waals surface area contributed by atoms with Gasteiger partial charge in [-0.3, -0.25) is 9.59 Å². The third-order valence-electron chi connectivity index (χ3n) is 8.29. The molecule has 1 unspecified atom stereocenters. The Morgan fingerprint density at radius 3 is 2.56 bits per heavy atom. The maximum absolute atomic E-state index is 13.5. The molecule has 1 heterocycles. The summed E-state index contributed by atoms with van der Waals surface area (Å²) in [5.74, 6) is -0.561. The SMILES string of the molecule is CCCS(=O)(=O)c1cccc(CC(=N)C(=O)c2ccc(C3CCC=C(c4ccccc4C)CC3)c(NC(=O)c3ccco3)c2)c1. The van der Waals surface area contributed by atoms with Gasteiger partial charge in [0.05, 0.1) is 22.6 Å². The van der Waals surface area contributed by atoms with Crippen LogP contribution in [0.1, 0.15) is 88.1 Å². The number of amides is 1. The maximum atomic E-state index is 13.5. The lowest BCUT2D eigenvalue weighted by Crippen LogP contribution is -2.18. The summed E-state index contributed by atoms with van der Waals surface area (Å²) < 4.78 is 30.4. The van der Waals surface area contributed by atoms with Gasteiger partial charge >= 0.3 is 0 Å². The molecule has 0 aliphatic heterocycles. The van der Waals surface area contributed by atoms with Gasteiger partial charge in [0.1, 0.15) is 0 Å². The van der Waals surface area contributed by atoms with Crippen molar-refractivity contribution < 1.29 is 22.4 Å². The van der Waals surface area contributed by atoms with Crippen molar-refractivity contribution in [2.45, 2.75) is 63.2 Å². The fraction of sp³-hybridized carbons (Fsp3) is 0.270. The number of nitrogens with one attached hydrogen (secondary N) is 2. The average Bonchev–Trinajstić information content (AvgIpc) is 3.47. The lowest BCUT2D eigenvalue weighted by molar-refractivity contribution is 0.0995. The minimum Gasteiger partial charge on any atom is -0.459 e. The predicted octanol–water partition coefficient (Wildman–Crippen LogP) is 8.21. The fourth-order valence-electron chi connectivity index (χ4n) is 5.97. The molecule has 5 rings (SSSR count). The first-order valence-corrected chi connectivity index (χ1v) is 17.0. The first-order valence-electron chi connectivity index (χ1n) is 15.3. The number of hydrogen-bond donors (Lipinski definition) is 2. The molecule has 1 aromatic heterocycles. The molecule has 0 fully saturated rings. The van der Waals surface area contributed by atoms with E-state index in [0.29, 0.717) is 17.7 Å². The second-order valence-electron chi connectivity index (χ2n) is 11.5. The van der Waals surface area contributed by atoms with Gasteiger partial charge in [-0.1, -0.05) is 61.5 Å². The van der Waals surface area contributed by atoms with Crippen LogP contribution in [-0.4, -0.2) is 31.6 Å². The van der Waals surface area contributed by atoms with Gasteiger partial charge in [-0.15, -0.1) is 0 Å². The van der Waals surface area contributed by atoms with Gasteiger partial charge in [0, 0.05) is 17.7 Å². The topological polar surface area (TPSA) is 117 Å². The van der Waals surface area contributed by atoms with Crippen LogP contribution in [0.15, 0.2) is 101 Å². The molecule has 45 heavy (non-hydrogen) atoms. The van der Waals surface area contributed by atoms with Crippen LogP contribution in [0.4, 0.5) is 5.69 Å². The molecular weight excluding hydrogens is 584 g/mol. The second-order valence-corrected chi connectivity index (χ2v) is 13.7. The van der Waals surface area contributed by atoms with Crippen molar-refractivity contribution in [1.29, 1.82) is 5.41 Å². The highest BCUT2D eigenvalue weighted by atomic mass is 32.2. The van der Waals surface area contributed by atoms with E-state index >= 15 is 0 Å². The summed E-state index contributed by atoms with van der Waals surface area (Å²) in [6, 6.07) is 23.3. The van der Waals surface area contributed by atoms with Gasteiger partial charge in [-0.2, -0.15) is 0 Å². The van der Waals surface area contributed by atoms with Crippen molar-refractivity contribution in [3.8, 4) is 0 Å². The number of carbonyl (C=O) groups excluding carboxylic acids is 2. The van der Waals surface area contributed by atoms with Gasteiger partial charge in [0.25, 0.3) is 5.91 Å². The minimum atomic E-state index is -3.42. The summed E-state index contributed by atoms with van der Waals surface area (Å²) >= 11 is 0. The Morgan fingerprint density at radius 2 is 1.80 bits per heavy atom. The van der Waals surface area contributed by atoms with Crippen LogP contribution in [0, 0.1) is 12.3 Å². The number of Topliss-reactive ketones (excluding diaryl/α,β-unsaturated/α-hetero) is 1. The summed E-state index contributed by atoms with van der Waals surface area (Å²) in [5, 5.41) is 11.6. The van der Waals surface area contributed by atoms with E-state index in [9.17, 15) is 18.0 Å². The number of allylic oxidation sites excluding steroid dienone is 2. The van der Waals surface area contributed by atoms with E-state index in [-0.39, 0.29) is 40.0 Å². The third-order valence-corrected chi connectivity index (χ3v) is 10.2. The molecular formula is C37H38N2O5S. The average molecular weight is 623 g/mol. The highest BCUT2D eigenvalue weighted by Crippen LogP contribution is 2.39. The highest BCUT2D eigenvalue weighted by molar-refractivity contribution is 7.91. The molecule has 8 heteroatoms. The Kier molecular flexibility index (Phi) is 9.93. The highest BCUT2D eigenvalue weighted by Gasteiger charge is 2.24. The smallest absolute Gasteiger partial charge is 0.291 e. The zero-order valence-electron chi connectivity index (χ0n) is 25.6. The molecule has 4 aromatic rings. The predicted molar refractivity (Wildman–Crippen MR) is 178 cm³/mol. The summed E-state index contributed by atoms with van der Waals surface area (Å²) in [6.45, 7) is 3.93. The van der Waals surface area contributed by atoms with E-state index < -0.39 is 21.5 Å². The largest absolute Gasteiger partial charge is 0.459 e. The summed E-state index contributed by atoms with van der Waals surface area (Å²) in [5.41, 5.74) is 5.97. The Labute approximate surface area is 264 Å². The number of ketones is 1. The molecule has 3 aromatic carbocycles. The van der Waals surface area contributed by atoms with Crippen molar-refractivity contribution in [3.63, 3.8) is 0 Å². The Bertz CT molecular complexity index is 1860. The zero-order valence-corrected chi connectivity index (χ0v) is 26.5. The minimum absolute atomic E-state index is 0.0138. The summed E-state index contributed by atoms with van der Waals surface area (Å²) in [4.78, 5) is 26.8. The van der Waals surface area contributed by atoms with Crippen molar-refractivity contribution in [2.24, 2.45) is 0 Å². The maximum Gasteiger partial charge on any atom is 0.291 e. The Morgan fingerprint density at radius 1 is 0.978 bits per heavy atom. The van der Waals surface area contributed by atoms with Gasteiger partial charge in [-0.25, -0.2) is 8.42 Å². The van der Waals surface area contributed by atoms with Crippen LogP contribution in [0.3, 0.4) is 0 Å². The number of anilines is 1. The molecule has 2 N–H and O–H groups in total. The lowest BCUT2D eigenvalue weighted by Gasteiger charge is -2.20. The molecule has 0 saturated carbocycles. The van der Waals surface area contributed by atoms with Gasteiger partial charge < -0.3 is 15.1 Å². The van der Waals surface area contributed by atoms with Crippen molar-refractivity contribution >= 4 is 38.5 Å². The molecule has 1 aliphatic rings. The fourth-order valence-corrected chi connectivity index (χ4v) is 7.36. The van der Waals surface area contributed by atoms with E-state index in [2.05, 4.69) is 36.5 Å².